The van der Waals surface area contributed by atoms with Gasteiger partial charge in [-0.1, -0.05) is 67.4 Å². The molecule has 1 fully saturated rings. The van der Waals surface area contributed by atoms with Crippen molar-refractivity contribution in [2.24, 2.45) is 5.41 Å². The first kappa shape index (κ1) is 27.7. The molecule has 1 amide bonds. The third-order valence-electron chi connectivity index (χ3n) is 7.31. The molecular formula is C29H37Cl2NO3. The summed E-state index contributed by atoms with van der Waals surface area (Å²) in [5, 5.41) is 21.8. The lowest BCUT2D eigenvalue weighted by Crippen LogP contribution is -2.58. The summed E-state index contributed by atoms with van der Waals surface area (Å²) in [6, 6.07) is 14.9. The molecule has 0 aromatic heterocycles. The highest BCUT2D eigenvalue weighted by molar-refractivity contribution is 6.30. The van der Waals surface area contributed by atoms with Crippen LogP contribution in [0.15, 0.2) is 61.2 Å². The molecule has 4 nitrogen and oxygen atoms in total. The molecule has 5 atom stereocenters. The van der Waals surface area contributed by atoms with Crippen molar-refractivity contribution in [3.8, 4) is 0 Å². The summed E-state index contributed by atoms with van der Waals surface area (Å²) in [5.41, 5.74) is 1.39. The van der Waals surface area contributed by atoms with Crippen LogP contribution < -0.4 is 0 Å². The summed E-state index contributed by atoms with van der Waals surface area (Å²) in [7, 11) is 0. The zero-order valence-electron chi connectivity index (χ0n) is 20.7. The SMILES string of the molecule is C=CC[C@@]1(C)C[C@H](c2cccc(Cl)c2)C(c2ccc(Cl)cc2)N([C@@H](CC)C(O)CCCCO)C1=O. The topological polar surface area (TPSA) is 60.8 Å². The van der Waals surface area contributed by atoms with E-state index in [0.29, 0.717) is 48.6 Å². The Morgan fingerprint density at radius 2 is 1.86 bits per heavy atom. The summed E-state index contributed by atoms with van der Waals surface area (Å²) in [6.07, 6.45) is 4.76. The first-order valence-electron chi connectivity index (χ1n) is 12.5. The van der Waals surface area contributed by atoms with Gasteiger partial charge in [0.15, 0.2) is 0 Å². The highest BCUT2D eigenvalue weighted by Gasteiger charge is 2.51. The van der Waals surface area contributed by atoms with Gasteiger partial charge in [-0.2, -0.15) is 0 Å². The van der Waals surface area contributed by atoms with E-state index in [1.165, 1.54) is 0 Å². The average molecular weight is 519 g/mol. The fraction of sp³-hybridized carbons (Fsp3) is 0.483. The largest absolute Gasteiger partial charge is 0.396 e. The molecule has 190 valence electrons. The van der Waals surface area contributed by atoms with Crippen LogP contribution in [-0.2, 0) is 4.79 Å². The van der Waals surface area contributed by atoms with Gasteiger partial charge >= 0.3 is 0 Å². The van der Waals surface area contributed by atoms with Gasteiger partial charge in [0.1, 0.15) is 0 Å². The lowest BCUT2D eigenvalue weighted by Gasteiger charge is -2.53. The maximum atomic E-state index is 14.2. The van der Waals surface area contributed by atoms with E-state index in [9.17, 15) is 15.0 Å². The Bertz CT molecular complexity index is 996. The van der Waals surface area contributed by atoms with Crippen LogP contribution in [-0.4, -0.2) is 39.8 Å². The number of benzene rings is 2. The number of aliphatic hydroxyl groups excluding tert-OH is 2. The first-order valence-corrected chi connectivity index (χ1v) is 13.2. The fourth-order valence-corrected chi connectivity index (χ4v) is 5.89. The number of rotatable bonds is 11. The second-order valence-electron chi connectivity index (χ2n) is 9.89. The zero-order valence-corrected chi connectivity index (χ0v) is 22.2. The fourth-order valence-electron chi connectivity index (χ4n) is 5.56. The highest BCUT2D eigenvalue weighted by atomic mass is 35.5. The van der Waals surface area contributed by atoms with E-state index in [2.05, 4.69) is 12.6 Å². The first-order chi connectivity index (χ1) is 16.8. The van der Waals surface area contributed by atoms with Gasteiger partial charge in [0.25, 0.3) is 0 Å². The normalized spacial score (nSPS) is 24.3. The molecule has 1 aliphatic heterocycles. The molecule has 6 heteroatoms. The Morgan fingerprint density at radius 1 is 1.14 bits per heavy atom. The van der Waals surface area contributed by atoms with Crippen molar-refractivity contribution in [1.82, 2.24) is 4.90 Å². The summed E-state index contributed by atoms with van der Waals surface area (Å²) in [6.45, 7) is 8.04. The van der Waals surface area contributed by atoms with Crippen LogP contribution in [0.25, 0.3) is 0 Å². The van der Waals surface area contributed by atoms with Crippen LogP contribution in [0.2, 0.25) is 10.0 Å². The number of piperidine rings is 1. The highest BCUT2D eigenvalue weighted by Crippen LogP contribution is 2.52. The maximum absolute atomic E-state index is 14.2. The molecule has 1 aliphatic rings. The number of unbranched alkanes of at least 4 members (excludes halogenated alkanes) is 1. The predicted molar refractivity (Wildman–Crippen MR) is 144 cm³/mol. The van der Waals surface area contributed by atoms with Crippen molar-refractivity contribution in [2.45, 2.75) is 76.5 Å². The number of allylic oxidation sites excluding steroid dienone is 1. The summed E-state index contributed by atoms with van der Waals surface area (Å²) >= 11 is 12.6. The Kier molecular flexibility index (Phi) is 9.83. The molecule has 2 N–H and O–H groups in total. The third-order valence-corrected chi connectivity index (χ3v) is 7.80. The van der Waals surface area contributed by atoms with Crippen LogP contribution in [0.1, 0.15) is 75.5 Å². The van der Waals surface area contributed by atoms with Crippen molar-refractivity contribution >= 4 is 29.1 Å². The second kappa shape index (κ2) is 12.4. The second-order valence-corrected chi connectivity index (χ2v) is 10.8. The summed E-state index contributed by atoms with van der Waals surface area (Å²) in [5.74, 6) is -0.0000893. The molecule has 0 radical (unpaired) electrons. The van der Waals surface area contributed by atoms with Gasteiger partial charge in [-0.25, -0.2) is 0 Å². The van der Waals surface area contributed by atoms with Gasteiger partial charge in [-0.15, -0.1) is 6.58 Å². The monoisotopic (exact) mass is 517 g/mol. The molecule has 35 heavy (non-hydrogen) atoms. The van der Waals surface area contributed by atoms with Crippen LogP contribution in [0.5, 0.6) is 0 Å². The molecule has 0 aliphatic carbocycles. The number of nitrogens with zero attached hydrogens (tertiary/aromatic N) is 1. The zero-order chi connectivity index (χ0) is 25.6. The van der Waals surface area contributed by atoms with Crippen LogP contribution in [0.4, 0.5) is 0 Å². The number of halogens is 2. The molecule has 0 spiro atoms. The van der Waals surface area contributed by atoms with Crippen molar-refractivity contribution in [3.63, 3.8) is 0 Å². The Hall–Kier alpha value is -1.85. The molecular weight excluding hydrogens is 481 g/mol. The number of amides is 1. The number of likely N-dealkylation sites (tertiary alicyclic amines) is 1. The van der Waals surface area contributed by atoms with Gasteiger partial charge in [0.05, 0.1) is 23.6 Å². The number of hydrogen-bond acceptors (Lipinski definition) is 3. The van der Waals surface area contributed by atoms with Crippen molar-refractivity contribution in [1.29, 1.82) is 0 Å². The lowest BCUT2D eigenvalue weighted by atomic mass is 9.66. The predicted octanol–water partition coefficient (Wildman–Crippen LogP) is 6.94. The number of aliphatic hydroxyl groups is 2. The molecule has 0 saturated carbocycles. The van der Waals surface area contributed by atoms with Crippen LogP contribution in [0.3, 0.4) is 0 Å². The molecule has 2 aromatic rings. The lowest BCUT2D eigenvalue weighted by molar-refractivity contribution is -0.158. The maximum Gasteiger partial charge on any atom is 0.229 e. The number of carbonyl (C=O) groups is 1. The van der Waals surface area contributed by atoms with E-state index in [1.54, 1.807) is 0 Å². The van der Waals surface area contributed by atoms with Gasteiger partial charge in [0, 0.05) is 22.6 Å². The molecule has 0 bridgehead atoms. The molecule has 3 rings (SSSR count). The van der Waals surface area contributed by atoms with Crippen molar-refractivity contribution in [2.75, 3.05) is 6.61 Å². The average Bonchev–Trinajstić information content (AvgIpc) is 2.83. The van der Waals surface area contributed by atoms with Crippen LogP contribution >= 0.6 is 23.2 Å². The quantitative estimate of drug-likeness (QED) is 0.250. The van der Waals surface area contributed by atoms with Crippen molar-refractivity contribution < 1.29 is 15.0 Å². The minimum Gasteiger partial charge on any atom is -0.396 e. The van der Waals surface area contributed by atoms with Crippen molar-refractivity contribution in [3.05, 3.63) is 82.4 Å². The van der Waals surface area contributed by atoms with E-state index in [0.717, 1.165) is 11.1 Å². The van der Waals surface area contributed by atoms with Gasteiger partial charge < -0.3 is 15.1 Å². The standard InChI is InChI=1S/C29H37Cl2NO3/c1-4-16-29(3)19-24(21-9-8-10-23(31)18-21)27(20-12-14-22(30)15-13-20)32(28(29)35)25(5-2)26(34)11-6-7-17-33/h4,8-10,12-15,18,24-27,33-34H,1,5-7,11,16-17,19H2,2-3H3/t24-,25+,26?,27?,29+/m1/s1. The smallest absolute Gasteiger partial charge is 0.229 e. The molecule has 2 aromatic carbocycles. The Morgan fingerprint density at radius 3 is 2.46 bits per heavy atom. The van der Waals surface area contributed by atoms with E-state index >= 15 is 0 Å². The van der Waals surface area contributed by atoms with E-state index < -0.39 is 11.5 Å². The Labute approximate surface area is 219 Å². The van der Waals surface area contributed by atoms with Gasteiger partial charge in [-0.3, -0.25) is 4.79 Å². The third kappa shape index (κ3) is 6.29. The summed E-state index contributed by atoms with van der Waals surface area (Å²) < 4.78 is 0. The number of hydrogen-bond donors (Lipinski definition) is 2. The number of carbonyl (C=O) groups excluding carboxylic acids is 1. The van der Waals surface area contributed by atoms with Gasteiger partial charge in [-0.05, 0) is 73.9 Å². The molecule has 1 heterocycles. The Balaban J connectivity index is 2.17. The van der Waals surface area contributed by atoms with Gasteiger partial charge in [0.2, 0.25) is 5.91 Å². The van der Waals surface area contributed by atoms with E-state index in [1.807, 2.05) is 67.3 Å². The van der Waals surface area contributed by atoms with E-state index in [-0.39, 0.29) is 30.5 Å². The van der Waals surface area contributed by atoms with E-state index in [4.69, 9.17) is 23.2 Å². The molecule has 1 saturated heterocycles. The summed E-state index contributed by atoms with van der Waals surface area (Å²) in [4.78, 5) is 16.2. The minimum absolute atomic E-state index is 0.0312. The molecule has 2 unspecified atom stereocenters. The van der Waals surface area contributed by atoms with Crippen LogP contribution in [0, 0.1) is 5.41 Å². The minimum atomic E-state index is -0.698.